The fourth-order valence-electron chi connectivity index (χ4n) is 1.43. The van der Waals surface area contributed by atoms with E-state index in [-0.39, 0.29) is 17.1 Å². The number of rotatable bonds is 6. The van der Waals surface area contributed by atoms with E-state index in [1.807, 2.05) is 0 Å². The Morgan fingerprint density at radius 1 is 1.19 bits per heavy atom. The summed E-state index contributed by atoms with van der Waals surface area (Å²) in [7, 11) is -5.48. The summed E-state index contributed by atoms with van der Waals surface area (Å²) in [5.74, 6) is 0. The zero-order valence-electron chi connectivity index (χ0n) is 12.5. The Kier molecular flexibility index (Phi) is 4.91. The third-order valence-corrected chi connectivity index (χ3v) is 6.87. The summed E-state index contributed by atoms with van der Waals surface area (Å²) >= 11 is 0. The third kappa shape index (κ3) is 4.08. The molecule has 0 spiro atoms. The lowest BCUT2D eigenvalue weighted by Crippen LogP contribution is -2.38. The van der Waals surface area contributed by atoms with E-state index in [4.69, 9.17) is 5.73 Å². The van der Waals surface area contributed by atoms with Gasteiger partial charge in [-0.3, -0.25) is 0 Å². The van der Waals surface area contributed by atoms with Gasteiger partial charge in [0.2, 0.25) is 10.0 Å². The van der Waals surface area contributed by atoms with E-state index in [1.165, 1.54) is 31.5 Å². The Morgan fingerprint density at radius 2 is 1.76 bits per heavy atom. The standard InChI is InChI=1S/C12H21N3O4S2/c1-12(2,20(4,16)17)8-15-11-6-5-9(7-10(11)13)21(18,19)14-3/h5-7,14-15H,8,13H2,1-4H3. The molecule has 0 aromatic heterocycles. The molecule has 0 heterocycles. The fraction of sp³-hybridized carbons (Fsp3) is 0.500. The van der Waals surface area contributed by atoms with Crippen molar-refractivity contribution in [2.75, 3.05) is 30.9 Å². The topological polar surface area (TPSA) is 118 Å². The molecule has 7 nitrogen and oxygen atoms in total. The van der Waals surface area contributed by atoms with Gasteiger partial charge in [0.15, 0.2) is 9.84 Å². The van der Waals surface area contributed by atoms with Gasteiger partial charge in [0, 0.05) is 12.8 Å². The van der Waals surface area contributed by atoms with Crippen molar-refractivity contribution in [2.24, 2.45) is 0 Å². The molecule has 0 amide bonds. The van der Waals surface area contributed by atoms with Crippen LogP contribution in [0.1, 0.15) is 13.8 Å². The number of hydrogen-bond donors (Lipinski definition) is 3. The van der Waals surface area contributed by atoms with Crippen LogP contribution >= 0.6 is 0 Å². The zero-order valence-corrected chi connectivity index (χ0v) is 14.1. The monoisotopic (exact) mass is 335 g/mol. The Bertz CT molecular complexity index is 725. The van der Waals surface area contributed by atoms with Crippen molar-refractivity contribution in [3.63, 3.8) is 0 Å². The van der Waals surface area contributed by atoms with Crippen LogP contribution in [-0.2, 0) is 19.9 Å². The maximum Gasteiger partial charge on any atom is 0.240 e. The first-order valence-corrected chi connectivity index (χ1v) is 9.55. The van der Waals surface area contributed by atoms with Crippen molar-refractivity contribution in [1.29, 1.82) is 0 Å². The van der Waals surface area contributed by atoms with Crippen LogP contribution in [0.15, 0.2) is 23.1 Å². The lowest BCUT2D eigenvalue weighted by Gasteiger charge is -2.24. The second kappa shape index (κ2) is 5.82. The lowest BCUT2D eigenvalue weighted by atomic mass is 10.2. The molecule has 0 atom stereocenters. The lowest BCUT2D eigenvalue weighted by molar-refractivity contribution is 0.560. The summed E-state index contributed by atoms with van der Waals surface area (Å²) in [6.45, 7) is 3.37. The Morgan fingerprint density at radius 3 is 2.19 bits per heavy atom. The van der Waals surface area contributed by atoms with Gasteiger partial charge in [-0.05, 0) is 39.1 Å². The fourth-order valence-corrected chi connectivity index (χ4v) is 2.53. The van der Waals surface area contributed by atoms with Crippen LogP contribution < -0.4 is 15.8 Å². The number of benzene rings is 1. The summed E-state index contributed by atoms with van der Waals surface area (Å²) in [6.07, 6.45) is 1.17. The molecule has 1 rings (SSSR count). The molecule has 4 N–H and O–H groups in total. The summed E-state index contributed by atoms with van der Waals surface area (Å²) in [6, 6.07) is 4.23. The highest BCUT2D eigenvalue weighted by molar-refractivity contribution is 7.92. The highest BCUT2D eigenvalue weighted by Gasteiger charge is 2.30. The van der Waals surface area contributed by atoms with Crippen molar-refractivity contribution < 1.29 is 16.8 Å². The van der Waals surface area contributed by atoms with Crippen molar-refractivity contribution >= 4 is 31.2 Å². The molecule has 21 heavy (non-hydrogen) atoms. The summed E-state index contributed by atoms with van der Waals surface area (Å²) in [5.41, 5.74) is 6.53. The third-order valence-electron chi connectivity index (χ3n) is 3.31. The molecular formula is C12H21N3O4S2. The molecule has 0 radical (unpaired) electrons. The highest BCUT2D eigenvalue weighted by Crippen LogP contribution is 2.24. The van der Waals surface area contributed by atoms with Gasteiger partial charge in [-0.25, -0.2) is 21.6 Å². The van der Waals surface area contributed by atoms with Crippen molar-refractivity contribution in [3.05, 3.63) is 18.2 Å². The Hall–Kier alpha value is -1.32. The SMILES string of the molecule is CNS(=O)(=O)c1ccc(NCC(C)(C)S(C)(=O)=O)c(N)c1. The summed E-state index contributed by atoms with van der Waals surface area (Å²) in [5, 5.41) is 2.94. The summed E-state index contributed by atoms with van der Waals surface area (Å²) in [4.78, 5) is 0.0513. The van der Waals surface area contributed by atoms with Crippen LogP contribution in [0.2, 0.25) is 0 Å². The van der Waals surface area contributed by atoms with Gasteiger partial charge in [-0.2, -0.15) is 0 Å². The van der Waals surface area contributed by atoms with Crippen LogP contribution in [0, 0.1) is 0 Å². The average Bonchev–Trinajstić information content (AvgIpc) is 2.35. The molecule has 0 aliphatic heterocycles. The number of nitrogen functional groups attached to an aromatic ring is 1. The molecule has 0 saturated heterocycles. The van der Waals surface area contributed by atoms with E-state index in [0.29, 0.717) is 5.69 Å². The normalized spacial score (nSPS) is 13.1. The minimum absolute atomic E-state index is 0.0513. The predicted molar refractivity (Wildman–Crippen MR) is 84.5 cm³/mol. The van der Waals surface area contributed by atoms with Crippen molar-refractivity contribution in [1.82, 2.24) is 4.72 Å². The molecule has 120 valence electrons. The van der Waals surface area contributed by atoms with E-state index in [0.717, 1.165) is 0 Å². The number of hydrogen-bond acceptors (Lipinski definition) is 6. The minimum Gasteiger partial charge on any atom is -0.397 e. The molecule has 0 bridgehead atoms. The first-order chi connectivity index (χ1) is 9.40. The highest BCUT2D eigenvalue weighted by atomic mass is 32.2. The number of anilines is 2. The van der Waals surface area contributed by atoms with E-state index < -0.39 is 24.6 Å². The van der Waals surface area contributed by atoms with Gasteiger partial charge in [0.1, 0.15) is 0 Å². The quantitative estimate of drug-likeness (QED) is 0.648. The molecule has 0 aliphatic rings. The number of nitrogens with one attached hydrogen (secondary N) is 2. The van der Waals surface area contributed by atoms with Crippen LogP contribution in [0.4, 0.5) is 11.4 Å². The smallest absolute Gasteiger partial charge is 0.240 e. The van der Waals surface area contributed by atoms with Gasteiger partial charge in [-0.1, -0.05) is 0 Å². The zero-order chi connectivity index (χ0) is 16.5. The van der Waals surface area contributed by atoms with E-state index in [9.17, 15) is 16.8 Å². The van der Waals surface area contributed by atoms with Crippen LogP contribution in [-0.4, -0.2) is 41.4 Å². The molecule has 0 saturated carbocycles. The maximum absolute atomic E-state index is 11.6. The van der Waals surface area contributed by atoms with Gasteiger partial charge >= 0.3 is 0 Å². The van der Waals surface area contributed by atoms with E-state index in [2.05, 4.69) is 10.0 Å². The molecule has 0 fully saturated rings. The molecular weight excluding hydrogens is 314 g/mol. The second-order valence-corrected chi connectivity index (χ2v) is 9.88. The number of sulfone groups is 1. The molecule has 0 aliphatic carbocycles. The first-order valence-electron chi connectivity index (χ1n) is 6.17. The minimum atomic E-state index is -3.56. The Balaban J connectivity index is 2.99. The van der Waals surface area contributed by atoms with Gasteiger partial charge in [-0.15, -0.1) is 0 Å². The second-order valence-electron chi connectivity index (χ2n) is 5.34. The van der Waals surface area contributed by atoms with E-state index >= 15 is 0 Å². The Labute approximate surface area is 125 Å². The molecule has 1 aromatic rings. The van der Waals surface area contributed by atoms with Crippen LogP contribution in [0.3, 0.4) is 0 Å². The molecule has 9 heteroatoms. The number of nitrogens with two attached hydrogens (primary N) is 1. The van der Waals surface area contributed by atoms with Crippen molar-refractivity contribution in [3.8, 4) is 0 Å². The largest absolute Gasteiger partial charge is 0.397 e. The average molecular weight is 335 g/mol. The van der Waals surface area contributed by atoms with Crippen molar-refractivity contribution in [2.45, 2.75) is 23.5 Å². The maximum atomic E-state index is 11.6. The van der Waals surface area contributed by atoms with Gasteiger partial charge in [0.25, 0.3) is 0 Å². The van der Waals surface area contributed by atoms with Crippen LogP contribution in [0.25, 0.3) is 0 Å². The van der Waals surface area contributed by atoms with E-state index in [1.54, 1.807) is 13.8 Å². The number of sulfonamides is 1. The first kappa shape index (κ1) is 17.7. The van der Waals surface area contributed by atoms with Gasteiger partial charge in [0.05, 0.1) is 21.0 Å². The summed E-state index contributed by atoms with van der Waals surface area (Å²) < 4.78 is 47.8. The van der Waals surface area contributed by atoms with Crippen LogP contribution in [0.5, 0.6) is 0 Å². The predicted octanol–water partition coefficient (Wildman–Crippen LogP) is 0.412. The molecule has 1 aromatic carbocycles. The molecule has 0 unspecified atom stereocenters. The van der Waals surface area contributed by atoms with Gasteiger partial charge < -0.3 is 11.1 Å².